The Balaban J connectivity index is 0. The number of rotatable bonds is 1. The average Bonchev–Trinajstić information content (AvgIpc) is 2.21. The number of benzene rings is 1. The molecule has 5 heteroatoms. The van der Waals surface area contributed by atoms with Crippen molar-refractivity contribution in [3.63, 3.8) is 0 Å². The van der Waals surface area contributed by atoms with E-state index in [1.54, 1.807) is 0 Å². The maximum absolute atomic E-state index is 10.6. The fourth-order valence-corrected chi connectivity index (χ4v) is 2.12. The van der Waals surface area contributed by atoms with Gasteiger partial charge in [0.25, 0.3) is 0 Å². The fraction of sp³-hybridized carbons (Fsp3) is 0.364. The molecule has 2 nitrogen and oxygen atoms in total. The molecule has 0 saturated carbocycles. The number of aromatic carboxylic acids is 1. The highest BCUT2D eigenvalue weighted by Gasteiger charge is 2.13. The van der Waals surface area contributed by atoms with Crippen molar-refractivity contribution < 1.29 is 9.90 Å². The highest BCUT2D eigenvalue weighted by Crippen LogP contribution is 2.28. The normalized spacial score (nSPS) is 8.19. The summed E-state index contributed by atoms with van der Waals surface area (Å²) in [5.74, 6) is -1.13. The van der Waals surface area contributed by atoms with E-state index in [4.69, 9.17) is 28.3 Å². The molecule has 1 aromatic carbocycles. The lowest BCUT2D eigenvalue weighted by Crippen LogP contribution is -1.98. The van der Waals surface area contributed by atoms with Gasteiger partial charge in [-0.25, -0.2) is 4.79 Å². The standard InChI is InChI=1S/C7H3BrCl2O2.2C2H6/c8-3-1-4(9)6(7(11)12)5(10)2-3;2*1-2/h1-2H,(H,11,12);2*1-2H3. The van der Waals surface area contributed by atoms with E-state index in [-0.39, 0.29) is 15.6 Å². The van der Waals surface area contributed by atoms with E-state index in [2.05, 4.69) is 15.9 Å². The molecule has 0 heterocycles. The molecule has 0 amide bonds. The quantitative estimate of drug-likeness (QED) is 0.737. The first-order valence-corrected chi connectivity index (χ1v) is 6.45. The molecule has 16 heavy (non-hydrogen) atoms. The molecule has 0 saturated heterocycles. The molecule has 1 N–H and O–H groups in total. The van der Waals surface area contributed by atoms with E-state index in [9.17, 15) is 4.79 Å². The van der Waals surface area contributed by atoms with Crippen molar-refractivity contribution in [3.05, 3.63) is 32.2 Å². The third-order valence-corrected chi connectivity index (χ3v) is 2.27. The van der Waals surface area contributed by atoms with Crippen molar-refractivity contribution in [2.75, 3.05) is 0 Å². The minimum Gasteiger partial charge on any atom is -0.478 e. The third kappa shape index (κ3) is 5.73. The Morgan fingerprint density at radius 1 is 1.12 bits per heavy atom. The summed E-state index contributed by atoms with van der Waals surface area (Å²) in [4.78, 5) is 10.6. The van der Waals surface area contributed by atoms with Gasteiger partial charge in [0.2, 0.25) is 0 Å². The van der Waals surface area contributed by atoms with Crippen LogP contribution < -0.4 is 0 Å². The fourth-order valence-electron chi connectivity index (χ4n) is 0.747. The summed E-state index contributed by atoms with van der Waals surface area (Å²) in [6, 6.07) is 2.97. The summed E-state index contributed by atoms with van der Waals surface area (Å²) in [5, 5.41) is 8.91. The van der Waals surface area contributed by atoms with Crippen LogP contribution in [0.5, 0.6) is 0 Å². The Labute approximate surface area is 115 Å². The number of carboxylic acids is 1. The van der Waals surface area contributed by atoms with Crippen LogP contribution in [0.4, 0.5) is 0 Å². The van der Waals surface area contributed by atoms with Crippen LogP contribution in [-0.4, -0.2) is 11.1 Å². The zero-order valence-corrected chi connectivity index (χ0v) is 12.7. The van der Waals surface area contributed by atoms with Crippen LogP contribution in [0.1, 0.15) is 38.1 Å². The second-order valence-electron chi connectivity index (χ2n) is 2.05. The van der Waals surface area contributed by atoms with Gasteiger partial charge in [-0.1, -0.05) is 66.8 Å². The summed E-state index contributed by atoms with van der Waals surface area (Å²) in [5.41, 5.74) is -0.0680. The number of carbonyl (C=O) groups is 1. The molecule has 0 atom stereocenters. The van der Waals surface area contributed by atoms with Gasteiger partial charge in [0.05, 0.1) is 15.6 Å². The van der Waals surface area contributed by atoms with Crippen molar-refractivity contribution in [1.82, 2.24) is 0 Å². The van der Waals surface area contributed by atoms with Gasteiger partial charge in [-0.2, -0.15) is 0 Å². The van der Waals surface area contributed by atoms with Crippen LogP contribution in [0.3, 0.4) is 0 Å². The summed E-state index contributed by atoms with van der Waals surface area (Å²) < 4.78 is 0.655. The topological polar surface area (TPSA) is 37.3 Å². The average molecular weight is 330 g/mol. The van der Waals surface area contributed by atoms with E-state index in [1.165, 1.54) is 12.1 Å². The van der Waals surface area contributed by atoms with Crippen LogP contribution in [0.2, 0.25) is 10.0 Å². The van der Waals surface area contributed by atoms with E-state index >= 15 is 0 Å². The Bertz CT molecular complexity index is 318. The first kappa shape index (κ1) is 18.1. The van der Waals surface area contributed by atoms with E-state index in [0.717, 1.165) is 0 Å². The maximum atomic E-state index is 10.6. The largest absolute Gasteiger partial charge is 0.478 e. The number of halogens is 3. The second kappa shape index (κ2) is 9.94. The Morgan fingerprint density at radius 3 is 1.69 bits per heavy atom. The van der Waals surface area contributed by atoms with E-state index in [0.29, 0.717) is 4.47 Å². The highest BCUT2D eigenvalue weighted by molar-refractivity contribution is 9.10. The van der Waals surface area contributed by atoms with Crippen LogP contribution in [-0.2, 0) is 0 Å². The molecular weight excluding hydrogens is 315 g/mol. The zero-order valence-electron chi connectivity index (χ0n) is 9.64. The first-order valence-electron chi connectivity index (χ1n) is 4.90. The molecule has 0 unspecified atom stereocenters. The Hall–Kier alpha value is -0.250. The monoisotopic (exact) mass is 328 g/mol. The molecule has 0 radical (unpaired) electrons. The van der Waals surface area contributed by atoms with Gasteiger partial charge in [0.1, 0.15) is 0 Å². The van der Waals surface area contributed by atoms with Gasteiger partial charge >= 0.3 is 5.97 Å². The van der Waals surface area contributed by atoms with Crippen molar-refractivity contribution in [1.29, 1.82) is 0 Å². The molecule has 0 bridgehead atoms. The third-order valence-electron chi connectivity index (χ3n) is 1.22. The van der Waals surface area contributed by atoms with Crippen molar-refractivity contribution >= 4 is 45.1 Å². The summed E-state index contributed by atoms with van der Waals surface area (Å²) in [6.45, 7) is 8.00. The molecule has 0 fully saturated rings. The van der Waals surface area contributed by atoms with Crippen LogP contribution in [0.25, 0.3) is 0 Å². The lowest BCUT2D eigenvalue weighted by molar-refractivity contribution is 0.0697. The van der Waals surface area contributed by atoms with Crippen LogP contribution >= 0.6 is 39.1 Å². The number of hydrogen-bond acceptors (Lipinski definition) is 1. The number of hydrogen-bond donors (Lipinski definition) is 1. The molecule has 1 rings (SSSR count). The Kier molecular flexibility index (Phi) is 11.3. The maximum Gasteiger partial charge on any atom is 0.338 e. The minimum absolute atomic E-state index is 0.0680. The second-order valence-corrected chi connectivity index (χ2v) is 3.78. The summed E-state index contributed by atoms with van der Waals surface area (Å²) in [7, 11) is 0. The van der Waals surface area contributed by atoms with Crippen molar-refractivity contribution in [2.45, 2.75) is 27.7 Å². The predicted octanol–water partition coefficient (Wildman–Crippen LogP) is 5.51. The predicted molar refractivity (Wildman–Crippen MR) is 73.8 cm³/mol. The molecule has 0 aliphatic heterocycles. The lowest BCUT2D eigenvalue weighted by Gasteiger charge is -2.01. The van der Waals surface area contributed by atoms with Gasteiger partial charge in [-0.3, -0.25) is 0 Å². The smallest absolute Gasteiger partial charge is 0.338 e. The Morgan fingerprint density at radius 2 is 1.44 bits per heavy atom. The van der Waals surface area contributed by atoms with Crippen LogP contribution in [0, 0.1) is 0 Å². The summed E-state index contributed by atoms with van der Waals surface area (Å²) >= 11 is 14.4. The molecule has 1 aromatic rings. The first-order chi connectivity index (χ1) is 7.52. The molecule has 92 valence electrons. The lowest BCUT2D eigenvalue weighted by atomic mass is 10.2. The highest BCUT2D eigenvalue weighted by atomic mass is 79.9. The van der Waals surface area contributed by atoms with Gasteiger partial charge < -0.3 is 5.11 Å². The van der Waals surface area contributed by atoms with Gasteiger partial charge in [-0.05, 0) is 12.1 Å². The molecule has 0 spiro atoms. The minimum atomic E-state index is -1.13. The van der Waals surface area contributed by atoms with Crippen LogP contribution in [0.15, 0.2) is 16.6 Å². The zero-order chi connectivity index (χ0) is 13.3. The molecule has 0 aliphatic carbocycles. The van der Waals surface area contributed by atoms with Crippen molar-refractivity contribution in [3.8, 4) is 0 Å². The number of carboxylic acid groups (broad SMARTS) is 1. The van der Waals surface area contributed by atoms with E-state index in [1.807, 2.05) is 27.7 Å². The van der Waals surface area contributed by atoms with Crippen molar-refractivity contribution in [2.24, 2.45) is 0 Å². The van der Waals surface area contributed by atoms with Gasteiger partial charge in [-0.15, -0.1) is 0 Å². The summed E-state index contributed by atoms with van der Waals surface area (Å²) in [6.07, 6.45) is 0. The molecule has 0 aromatic heterocycles. The molecular formula is C11H15BrCl2O2. The van der Waals surface area contributed by atoms with Gasteiger partial charge in [0, 0.05) is 4.47 Å². The SMILES string of the molecule is CC.CC.O=C(O)c1c(Cl)cc(Br)cc1Cl. The molecule has 0 aliphatic rings. The van der Waals surface area contributed by atoms with Gasteiger partial charge in [0.15, 0.2) is 0 Å². The van der Waals surface area contributed by atoms with E-state index < -0.39 is 5.97 Å².